The molecule has 0 spiro atoms. The fourth-order valence-electron chi connectivity index (χ4n) is 4.04. The molecule has 0 unspecified atom stereocenters. The van der Waals surface area contributed by atoms with Crippen LogP contribution in [0.5, 0.6) is 0 Å². The molecule has 2 aromatic carbocycles. The molecule has 2 heterocycles. The number of alkyl halides is 3. The van der Waals surface area contributed by atoms with Crippen LogP contribution < -0.4 is 5.73 Å². The molecule has 0 saturated heterocycles. The van der Waals surface area contributed by atoms with Crippen LogP contribution in [-0.4, -0.2) is 43.2 Å². The molecule has 0 radical (unpaired) electrons. The van der Waals surface area contributed by atoms with Gasteiger partial charge in [-0.3, -0.25) is 19.0 Å². The minimum Gasteiger partial charge on any atom is -0.382 e. The van der Waals surface area contributed by atoms with E-state index in [2.05, 4.69) is 9.97 Å². The molecule has 13 heteroatoms. The summed E-state index contributed by atoms with van der Waals surface area (Å²) in [5, 5.41) is 1.77. The lowest BCUT2D eigenvalue weighted by molar-refractivity contribution is -0.144. The van der Waals surface area contributed by atoms with Gasteiger partial charge in [-0.05, 0) is 31.0 Å². The summed E-state index contributed by atoms with van der Waals surface area (Å²) in [6.07, 6.45) is -0.738. The number of halogens is 5. The van der Waals surface area contributed by atoms with Gasteiger partial charge in [0.05, 0.1) is 41.2 Å². The first-order valence-corrected chi connectivity index (χ1v) is 11.1. The van der Waals surface area contributed by atoms with E-state index in [0.717, 1.165) is 22.2 Å². The number of hydrazine groups is 1. The van der Waals surface area contributed by atoms with Crippen molar-refractivity contribution >= 4 is 34.2 Å². The van der Waals surface area contributed by atoms with Gasteiger partial charge in [-0.2, -0.15) is 13.2 Å². The zero-order chi connectivity index (χ0) is 26.6. The second-order valence-corrected chi connectivity index (χ2v) is 8.77. The predicted molar refractivity (Wildman–Crippen MR) is 122 cm³/mol. The van der Waals surface area contributed by atoms with Crippen molar-refractivity contribution in [2.45, 2.75) is 25.6 Å². The molecule has 1 fully saturated rings. The van der Waals surface area contributed by atoms with Crippen molar-refractivity contribution in [3.8, 4) is 0 Å². The number of nitrogens with zero attached hydrogens (tertiary/aromatic N) is 5. The topological polar surface area (TPSA) is 96.8 Å². The number of anilines is 1. The lowest BCUT2D eigenvalue weighted by Gasteiger charge is -2.32. The van der Waals surface area contributed by atoms with Crippen LogP contribution in [-0.2, 0) is 17.5 Å². The van der Waals surface area contributed by atoms with E-state index in [1.807, 2.05) is 0 Å². The first kappa shape index (κ1) is 24.4. The van der Waals surface area contributed by atoms with Crippen LogP contribution in [0, 0.1) is 17.6 Å². The number of fused-ring (bicyclic) bond motifs is 3. The lowest BCUT2D eigenvalue weighted by Crippen LogP contribution is -2.48. The van der Waals surface area contributed by atoms with E-state index in [4.69, 9.17) is 5.73 Å². The fourth-order valence-corrected chi connectivity index (χ4v) is 4.04. The van der Waals surface area contributed by atoms with Gasteiger partial charge >= 0.3 is 6.18 Å². The number of carbonyl (C=O) groups is 2. The second-order valence-electron chi connectivity index (χ2n) is 8.77. The summed E-state index contributed by atoms with van der Waals surface area (Å²) in [5.41, 5.74) is 4.79. The van der Waals surface area contributed by atoms with Gasteiger partial charge in [-0.1, -0.05) is 6.07 Å². The van der Waals surface area contributed by atoms with Crippen LogP contribution in [0.4, 0.5) is 27.8 Å². The molecule has 0 aliphatic heterocycles. The molecule has 4 aromatic rings. The van der Waals surface area contributed by atoms with Gasteiger partial charge in [0.25, 0.3) is 5.91 Å². The van der Waals surface area contributed by atoms with Crippen LogP contribution >= 0.6 is 0 Å². The first-order chi connectivity index (χ1) is 17.5. The van der Waals surface area contributed by atoms with Crippen molar-refractivity contribution in [3.05, 3.63) is 71.2 Å². The molecule has 1 aliphatic rings. The quantitative estimate of drug-likeness (QED) is 0.323. The summed E-state index contributed by atoms with van der Waals surface area (Å²) in [6, 6.07) is 4.07. The number of amides is 2. The molecule has 1 saturated carbocycles. The van der Waals surface area contributed by atoms with Crippen molar-refractivity contribution in [3.63, 3.8) is 0 Å². The zero-order valence-corrected chi connectivity index (χ0v) is 19.3. The molecule has 5 rings (SSSR count). The van der Waals surface area contributed by atoms with Crippen LogP contribution in [0.3, 0.4) is 0 Å². The van der Waals surface area contributed by atoms with E-state index in [0.29, 0.717) is 36.0 Å². The summed E-state index contributed by atoms with van der Waals surface area (Å²) in [4.78, 5) is 34.5. The van der Waals surface area contributed by atoms with Gasteiger partial charge < -0.3 is 5.73 Å². The van der Waals surface area contributed by atoms with Crippen molar-refractivity contribution < 1.29 is 31.5 Å². The Morgan fingerprint density at radius 1 is 1.11 bits per heavy atom. The maximum atomic E-state index is 15.2. The summed E-state index contributed by atoms with van der Waals surface area (Å²) in [5.74, 6) is -3.91. The van der Waals surface area contributed by atoms with Gasteiger partial charge in [-0.15, -0.1) is 0 Å². The molecule has 1 aliphatic carbocycles. The van der Waals surface area contributed by atoms with E-state index >= 15 is 4.39 Å². The van der Waals surface area contributed by atoms with Gasteiger partial charge in [0, 0.05) is 24.6 Å². The number of nitrogens with two attached hydrogens (primary N) is 1. The molecule has 8 nitrogen and oxygen atoms in total. The van der Waals surface area contributed by atoms with Gasteiger partial charge in [-0.25, -0.2) is 23.8 Å². The van der Waals surface area contributed by atoms with E-state index < -0.39 is 47.3 Å². The van der Waals surface area contributed by atoms with E-state index in [1.165, 1.54) is 30.0 Å². The number of aromatic nitrogens is 3. The number of carbonyl (C=O) groups excluding carboxylic acids is 2. The Morgan fingerprint density at radius 3 is 2.49 bits per heavy atom. The Kier molecular flexibility index (Phi) is 5.72. The van der Waals surface area contributed by atoms with Crippen molar-refractivity contribution in [2.24, 2.45) is 5.92 Å². The summed E-state index contributed by atoms with van der Waals surface area (Å²) in [7, 11) is 1.27. The second kappa shape index (κ2) is 8.68. The number of rotatable bonds is 4. The maximum absolute atomic E-state index is 15.2. The highest BCUT2D eigenvalue weighted by atomic mass is 19.4. The molecular formula is C24H19F5N6O2. The summed E-state index contributed by atoms with van der Waals surface area (Å²) >= 11 is 0. The number of imidazole rings is 1. The van der Waals surface area contributed by atoms with Gasteiger partial charge in [0.1, 0.15) is 23.0 Å². The Hall–Kier alpha value is -4.29. The third-order valence-electron chi connectivity index (χ3n) is 6.24. The summed E-state index contributed by atoms with van der Waals surface area (Å²) < 4.78 is 70.3. The van der Waals surface area contributed by atoms with Crippen LogP contribution in [0.25, 0.3) is 16.6 Å². The maximum Gasteiger partial charge on any atom is 0.416 e. The third-order valence-corrected chi connectivity index (χ3v) is 6.24. The highest BCUT2D eigenvalue weighted by Crippen LogP contribution is 2.33. The molecule has 2 amide bonds. The van der Waals surface area contributed by atoms with Crippen molar-refractivity contribution in [2.75, 3.05) is 12.8 Å². The van der Waals surface area contributed by atoms with Gasteiger partial charge in [0.15, 0.2) is 0 Å². The van der Waals surface area contributed by atoms with Gasteiger partial charge in [0.2, 0.25) is 5.91 Å². The first-order valence-electron chi connectivity index (χ1n) is 11.1. The van der Waals surface area contributed by atoms with E-state index in [1.54, 1.807) is 0 Å². The average Bonchev–Trinajstić information content (AvgIpc) is 3.57. The number of benzene rings is 2. The third kappa shape index (κ3) is 4.41. The molecule has 192 valence electrons. The SMILES string of the molecule is CN(C(=O)C1CC1)N(Cc1ccc(C(F)(F)F)cc1F)C(=O)c1cc2c(cc1F)nc(N)c1cncn12. The minimum atomic E-state index is -4.77. The lowest BCUT2D eigenvalue weighted by atomic mass is 10.1. The highest BCUT2D eigenvalue weighted by Gasteiger charge is 2.37. The Bertz CT molecular complexity index is 1560. The Morgan fingerprint density at radius 2 is 1.84 bits per heavy atom. The number of hydrogen-bond acceptors (Lipinski definition) is 5. The molecule has 0 bridgehead atoms. The summed E-state index contributed by atoms with van der Waals surface area (Å²) in [6.45, 7) is -0.615. The Labute approximate surface area is 206 Å². The predicted octanol–water partition coefficient (Wildman–Crippen LogP) is 4.19. The minimum absolute atomic E-state index is 0.0950. The normalized spacial score (nSPS) is 13.8. The zero-order valence-electron chi connectivity index (χ0n) is 19.3. The largest absolute Gasteiger partial charge is 0.416 e. The molecule has 0 atom stereocenters. The van der Waals surface area contributed by atoms with Crippen LogP contribution in [0.1, 0.15) is 34.3 Å². The Balaban J connectivity index is 1.58. The molecular weight excluding hydrogens is 499 g/mol. The van der Waals surface area contributed by atoms with Crippen LogP contribution in [0.15, 0.2) is 42.9 Å². The monoisotopic (exact) mass is 518 g/mol. The molecule has 2 N–H and O–H groups in total. The standard InChI is InChI=1S/C24H19F5N6O2/c1-33(22(36)12-2-3-12)35(10-13-4-5-14(6-16(13)25)24(27,28)29)23(37)15-7-19-18(8-17(15)26)32-21(30)20-9-31-11-34(19)20/h4-9,11-12H,2-3,10H2,1H3,(H2,30,32). The van der Waals surface area contributed by atoms with E-state index in [9.17, 15) is 27.2 Å². The molecule has 37 heavy (non-hydrogen) atoms. The van der Waals surface area contributed by atoms with Crippen LogP contribution in [0.2, 0.25) is 0 Å². The van der Waals surface area contributed by atoms with Crippen molar-refractivity contribution in [1.29, 1.82) is 0 Å². The van der Waals surface area contributed by atoms with Crippen molar-refractivity contribution in [1.82, 2.24) is 24.4 Å². The van der Waals surface area contributed by atoms with E-state index in [-0.39, 0.29) is 22.8 Å². The average molecular weight is 518 g/mol. The number of nitrogen functional groups attached to an aromatic ring is 1. The highest BCUT2D eigenvalue weighted by molar-refractivity contribution is 5.99. The smallest absolute Gasteiger partial charge is 0.382 e. The molecule has 2 aromatic heterocycles. The number of hydrogen-bond donors (Lipinski definition) is 1. The fraction of sp³-hybridized carbons (Fsp3) is 0.250.